The van der Waals surface area contributed by atoms with Crippen molar-refractivity contribution in [2.45, 2.75) is 45.6 Å². The number of aromatic nitrogens is 1. The lowest BCUT2D eigenvalue weighted by molar-refractivity contribution is 0.101. The Morgan fingerprint density at radius 3 is 2.32 bits per heavy atom. The van der Waals surface area contributed by atoms with Crippen LogP contribution in [-0.2, 0) is 0 Å². The number of ketones is 1. The van der Waals surface area contributed by atoms with Crippen LogP contribution in [0.5, 0.6) is 5.75 Å². The number of carbonyl (C=O) groups excluding carboxylic acids is 1. The van der Waals surface area contributed by atoms with Crippen LogP contribution < -0.4 is 5.32 Å². The molecule has 0 spiro atoms. The summed E-state index contributed by atoms with van der Waals surface area (Å²) in [5, 5.41) is 15.0. The van der Waals surface area contributed by atoms with Crippen LogP contribution in [0.3, 0.4) is 0 Å². The van der Waals surface area contributed by atoms with Gasteiger partial charge in [-0.15, -0.1) is 0 Å². The number of hydrogen-bond acceptors (Lipinski definition) is 5. The van der Waals surface area contributed by atoms with Crippen LogP contribution in [0.15, 0.2) is 30.3 Å². The number of fused-ring (bicyclic) bond motifs is 1. The van der Waals surface area contributed by atoms with E-state index in [0.29, 0.717) is 17.5 Å². The summed E-state index contributed by atoms with van der Waals surface area (Å²) < 4.78 is 0. The van der Waals surface area contributed by atoms with E-state index in [1.807, 2.05) is 25.1 Å². The maximum atomic E-state index is 12.7. The molecule has 1 aromatic heterocycles. The third kappa shape index (κ3) is 5.17. The zero-order valence-electron chi connectivity index (χ0n) is 20.1. The van der Waals surface area contributed by atoms with Gasteiger partial charge in [-0.3, -0.25) is 9.78 Å². The minimum absolute atomic E-state index is 0.00295. The summed E-state index contributed by atoms with van der Waals surface area (Å²) in [6.45, 7) is 4.60. The first-order chi connectivity index (χ1) is 16.1. The second-order valence-electron chi connectivity index (χ2n) is 9.65. The molecule has 2 aromatic carbocycles. The number of pyridine rings is 1. The normalized spacial score (nSPS) is 18.4. The molecule has 0 bridgehead atoms. The van der Waals surface area contributed by atoms with Crippen LogP contribution in [0.25, 0.3) is 22.0 Å². The van der Waals surface area contributed by atoms with Crippen molar-refractivity contribution < 1.29 is 9.90 Å². The molecule has 180 valence electrons. The molecule has 0 amide bonds. The molecule has 0 atom stereocenters. The quantitative estimate of drug-likeness (QED) is 0.358. The molecule has 2 N–H and O–H groups in total. The number of halogens is 2. The van der Waals surface area contributed by atoms with Crippen molar-refractivity contribution in [2.75, 3.05) is 26.0 Å². The third-order valence-electron chi connectivity index (χ3n) is 6.69. The number of aryl methyl sites for hydroxylation is 1. The fourth-order valence-electron chi connectivity index (χ4n) is 5.09. The number of benzene rings is 2. The van der Waals surface area contributed by atoms with Crippen molar-refractivity contribution in [3.8, 4) is 16.9 Å². The van der Waals surface area contributed by atoms with Gasteiger partial charge in [-0.1, -0.05) is 29.3 Å². The van der Waals surface area contributed by atoms with Gasteiger partial charge in [0.2, 0.25) is 0 Å². The maximum Gasteiger partial charge on any atom is 0.163 e. The first-order valence-corrected chi connectivity index (χ1v) is 12.4. The summed E-state index contributed by atoms with van der Waals surface area (Å²) in [4.78, 5) is 19.7. The van der Waals surface area contributed by atoms with Gasteiger partial charge >= 0.3 is 0 Å². The molecule has 34 heavy (non-hydrogen) atoms. The van der Waals surface area contributed by atoms with E-state index in [-0.39, 0.29) is 21.6 Å². The van der Waals surface area contributed by atoms with E-state index in [4.69, 9.17) is 28.2 Å². The number of nitrogens with zero attached hydrogens (tertiary/aromatic N) is 2. The Kier molecular flexibility index (Phi) is 7.36. The molecule has 5 nitrogen and oxygen atoms in total. The molecule has 1 fully saturated rings. The van der Waals surface area contributed by atoms with Gasteiger partial charge < -0.3 is 15.3 Å². The average Bonchev–Trinajstić information content (AvgIpc) is 2.77. The zero-order valence-corrected chi connectivity index (χ0v) is 21.6. The highest BCUT2D eigenvalue weighted by Crippen LogP contribution is 2.39. The van der Waals surface area contributed by atoms with Gasteiger partial charge in [0.25, 0.3) is 0 Å². The molecule has 3 aromatic rings. The van der Waals surface area contributed by atoms with E-state index < -0.39 is 0 Å². The number of carbonyl (C=O) groups is 1. The Bertz CT molecular complexity index is 1210. The van der Waals surface area contributed by atoms with Gasteiger partial charge in [0, 0.05) is 18.0 Å². The maximum absolute atomic E-state index is 12.7. The summed E-state index contributed by atoms with van der Waals surface area (Å²) in [5.41, 5.74) is 4.72. The van der Waals surface area contributed by atoms with Gasteiger partial charge in [-0.05, 0) is 94.9 Å². The second-order valence-corrected chi connectivity index (χ2v) is 10.5. The average molecular weight is 500 g/mol. The lowest BCUT2D eigenvalue weighted by Gasteiger charge is -2.32. The van der Waals surface area contributed by atoms with Crippen molar-refractivity contribution in [2.24, 2.45) is 5.92 Å². The lowest BCUT2D eigenvalue weighted by Crippen LogP contribution is -2.31. The molecular formula is C27H31Cl2N3O2. The standard InChI is InChI=1S/C27H31Cl2N3O2/c1-15-25(16(2)33)26(31-20-8-5-17(6-9-20)14-32(3)4)21-11-18(7-10-24(21)30-15)19-12-22(28)27(34)23(29)13-19/h7,10-13,17,20,34H,5-6,8-9,14H2,1-4H3,(H,30,31). The molecule has 4 rings (SSSR count). The van der Waals surface area contributed by atoms with Crippen LogP contribution in [0.4, 0.5) is 5.69 Å². The minimum Gasteiger partial charge on any atom is -0.505 e. The smallest absolute Gasteiger partial charge is 0.163 e. The lowest BCUT2D eigenvalue weighted by atomic mass is 9.85. The van der Waals surface area contributed by atoms with Crippen LogP contribution in [0, 0.1) is 12.8 Å². The van der Waals surface area contributed by atoms with Crippen molar-refractivity contribution in [1.29, 1.82) is 0 Å². The highest BCUT2D eigenvalue weighted by molar-refractivity contribution is 6.37. The van der Waals surface area contributed by atoms with E-state index in [1.54, 1.807) is 19.1 Å². The molecule has 0 unspecified atom stereocenters. The van der Waals surface area contributed by atoms with Crippen molar-refractivity contribution in [1.82, 2.24) is 9.88 Å². The third-order valence-corrected chi connectivity index (χ3v) is 7.26. The monoisotopic (exact) mass is 499 g/mol. The van der Waals surface area contributed by atoms with Crippen molar-refractivity contribution in [3.05, 3.63) is 51.6 Å². The minimum atomic E-state index is -0.128. The van der Waals surface area contributed by atoms with Crippen molar-refractivity contribution in [3.63, 3.8) is 0 Å². The summed E-state index contributed by atoms with van der Waals surface area (Å²) in [6, 6.07) is 9.62. The predicted molar refractivity (Wildman–Crippen MR) is 142 cm³/mol. The van der Waals surface area contributed by atoms with Crippen LogP contribution in [0.2, 0.25) is 10.0 Å². The number of aromatic hydroxyl groups is 1. The molecule has 1 heterocycles. The predicted octanol–water partition coefficient (Wildman–Crippen LogP) is 6.96. The molecule has 0 radical (unpaired) electrons. The first kappa shape index (κ1) is 24.8. The van der Waals surface area contributed by atoms with Gasteiger partial charge in [-0.25, -0.2) is 0 Å². The van der Waals surface area contributed by atoms with E-state index in [9.17, 15) is 9.90 Å². The number of anilines is 1. The summed E-state index contributed by atoms with van der Waals surface area (Å²) in [6.07, 6.45) is 4.48. The molecule has 1 aliphatic rings. The molecular weight excluding hydrogens is 469 g/mol. The molecule has 1 saturated carbocycles. The van der Waals surface area contributed by atoms with Gasteiger partial charge in [0.1, 0.15) is 0 Å². The van der Waals surface area contributed by atoms with Crippen LogP contribution in [0.1, 0.15) is 48.7 Å². The SMILES string of the molecule is CC(=O)c1c(C)nc2ccc(-c3cc(Cl)c(O)c(Cl)c3)cc2c1NC1CCC(CN(C)C)CC1. The van der Waals surface area contributed by atoms with Gasteiger partial charge in [0.15, 0.2) is 11.5 Å². The Hall–Kier alpha value is -2.34. The number of nitrogens with one attached hydrogen (secondary N) is 1. The Morgan fingerprint density at radius 1 is 1.09 bits per heavy atom. The fraction of sp³-hybridized carbons (Fsp3) is 0.407. The fourth-order valence-corrected chi connectivity index (χ4v) is 5.58. The topological polar surface area (TPSA) is 65.5 Å². The van der Waals surface area contributed by atoms with Gasteiger partial charge in [-0.2, -0.15) is 0 Å². The number of hydrogen-bond donors (Lipinski definition) is 2. The van der Waals surface area contributed by atoms with Gasteiger partial charge in [0.05, 0.1) is 32.5 Å². The highest BCUT2D eigenvalue weighted by atomic mass is 35.5. The first-order valence-electron chi connectivity index (χ1n) is 11.7. The van der Waals surface area contributed by atoms with E-state index in [2.05, 4.69) is 24.3 Å². The summed E-state index contributed by atoms with van der Waals surface area (Å²) in [5.74, 6) is 0.583. The Morgan fingerprint density at radius 2 is 1.74 bits per heavy atom. The highest BCUT2D eigenvalue weighted by Gasteiger charge is 2.25. The second kappa shape index (κ2) is 10.1. The number of phenolic OH excluding ortho intramolecular Hbond substituents is 1. The number of phenols is 1. The van der Waals surface area contributed by atoms with Crippen LogP contribution >= 0.6 is 23.2 Å². The number of Topliss-reactive ketones (excluding diaryl/α,β-unsaturated/α-hetero) is 1. The van der Waals surface area contributed by atoms with E-state index >= 15 is 0 Å². The van der Waals surface area contributed by atoms with Crippen LogP contribution in [-0.4, -0.2) is 47.5 Å². The summed E-state index contributed by atoms with van der Waals surface area (Å²) in [7, 11) is 4.25. The molecule has 0 aliphatic heterocycles. The Labute approximate surface area is 211 Å². The Balaban J connectivity index is 1.75. The van der Waals surface area contributed by atoms with E-state index in [1.165, 1.54) is 12.8 Å². The van der Waals surface area contributed by atoms with E-state index in [0.717, 1.165) is 52.8 Å². The largest absolute Gasteiger partial charge is 0.505 e. The molecule has 1 aliphatic carbocycles. The summed E-state index contributed by atoms with van der Waals surface area (Å²) >= 11 is 12.3. The van der Waals surface area contributed by atoms with Crippen molar-refractivity contribution >= 4 is 45.6 Å². The molecule has 0 saturated heterocycles. The zero-order chi connectivity index (χ0) is 24.6. The number of rotatable bonds is 6. The molecule has 7 heteroatoms.